The van der Waals surface area contributed by atoms with Gasteiger partial charge < -0.3 is 19.3 Å². The number of rotatable bonds is 8. The SMILES string of the molecule is CCOC(=O)C1=C(C)N=c2s/c(=C\c3ccc(O)c([N+](=O)[O-])c3)c(=O)n2[C@@H]1c1ccc(OC)c(OCC)c1. The molecule has 0 aliphatic carbocycles. The van der Waals surface area contributed by atoms with E-state index in [1.54, 1.807) is 32.0 Å². The van der Waals surface area contributed by atoms with Gasteiger partial charge in [-0.15, -0.1) is 0 Å². The predicted molar refractivity (Wildman–Crippen MR) is 139 cm³/mol. The van der Waals surface area contributed by atoms with Gasteiger partial charge in [0.2, 0.25) is 0 Å². The summed E-state index contributed by atoms with van der Waals surface area (Å²) in [5.41, 5.74) is 0.610. The van der Waals surface area contributed by atoms with E-state index in [4.69, 9.17) is 14.2 Å². The third kappa shape index (κ3) is 4.90. The molecule has 1 atom stereocenters. The number of aromatic nitrogens is 1. The molecule has 11 nitrogen and oxygen atoms in total. The fourth-order valence-electron chi connectivity index (χ4n) is 4.17. The van der Waals surface area contributed by atoms with Crippen molar-refractivity contribution in [1.29, 1.82) is 0 Å². The molecule has 0 saturated heterocycles. The van der Waals surface area contributed by atoms with Gasteiger partial charge in [-0.25, -0.2) is 9.79 Å². The van der Waals surface area contributed by atoms with E-state index in [1.165, 1.54) is 36.0 Å². The molecule has 0 saturated carbocycles. The van der Waals surface area contributed by atoms with E-state index in [9.17, 15) is 24.8 Å². The zero-order valence-corrected chi connectivity index (χ0v) is 21.9. The molecule has 3 aromatic rings. The minimum absolute atomic E-state index is 0.138. The Hall–Kier alpha value is -4.45. The van der Waals surface area contributed by atoms with E-state index in [1.807, 2.05) is 6.92 Å². The van der Waals surface area contributed by atoms with Gasteiger partial charge in [0.15, 0.2) is 22.0 Å². The van der Waals surface area contributed by atoms with Crippen LogP contribution in [0.5, 0.6) is 17.2 Å². The van der Waals surface area contributed by atoms with Crippen LogP contribution in [0.25, 0.3) is 6.08 Å². The topological polar surface area (TPSA) is 142 Å². The van der Waals surface area contributed by atoms with Gasteiger partial charge in [-0.05, 0) is 56.2 Å². The molecule has 38 heavy (non-hydrogen) atoms. The van der Waals surface area contributed by atoms with Gasteiger partial charge in [0.25, 0.3) is 5.56 Å². The number of fused-ring (bicyclic) bond motifs is 1. The lowest BCUT2D eigenvalue weighted by Gasteiger charge is -2.25. The minimum Gasteiger partial charge on any atom is -0.502 e. The van der Waals surface area contributed by atoms with Crippen molar-refractivity contribution < 1.29 is 29.0 Å². The summed E-state index contributed by atoms with van der Waals surface area (Å²) in [6.07, 6.45) is 1.48. The van der Waals surface area contributed by atoms with Crippen LogP contribution in [0.3, 0.4) is 0 Å². The summed E-state index contributed by atoms with van der Waals surface area (Å²) in [5, 5.41) is 21.0. The van der Waals surface area contributed by atoms with Crippen LogP contribution in [0.1, 0.15) is 37.9 Å². The maximum absolute atomic E-state index is 13.7. The summed E-state index contributed by atoms with van der Waals surface area (Å²) >= 11 is 1.08. The molecule has 0 spiro atoms. The molecule has 12 heteroatoms. The van der Waals surface area contributed by atoms with Crippen LogP contribution in [0, 0.1) is 10.1 Å². The highest BCUT2D eigenvalue weighted by molar-refractivity contribution is 7.07. The fourth-order valence-corrected chi connectivity index (χ4v) is 5.21. The molecule has 0 radical (unpaired) electrons. The number of carbonyl (C=O) groups excluding carboxylic acids is 1. The number of ether oxygens (including phenoxy) is 3. The molecule has 1 aromatic heterocycles. The van der Waals surface area contributed by atoms with E-state index in [2.05, 4.69) is 4.99 Å². The quantitative estimate of drug-likeness (QED) is 0.262. The molecule has 1 aliphatic heterocycles. The number of aromatic hydroxyl groups is 1. The number of carbonyl (C=O) groups is 1. The monoisotopic (exact) mass is 539 g/mol. The largest absolute Gasteiger partial charge is 0.502 e. The average molecular weight is 540 g/mol. The second-order valence-electron chi connectivity index (χ2n) is 8.15. The molecule has 4 rings (SSSR count). The Morgan fingerprint density at radius 1 is 1.21 bits per heavy atom. The first-order valence-electron chi connectivity index (χ1n) is 11.7. The van der Waals surface area contributed by atoms with Crippen LogP contribution < -0.4 is 24.4 Å². The molecule has 2 heterocycles. The molecule has 0 unspecified atom stereocenters. The number of nitro groups is 1. The third-order valence-electron chi connectivity index (χ3n) is 5.81. The van der Waals surface area contributed by atoms with Gasteiger partial charge in [-0.1, -0.05) is 23.5 Å². The number of hydrogen-bond acceptors (Lipinski definition) is 10. The second kappa shape index (κ2) is 10.9. The van der Waals surface area contributed by atoms with E-state index in [-0.39, 0.29) is 16.7 Å². The van der Waals surface area contributed by atoms with Crippen molar-refractivity contribution in [2.75, 3.05) is 20.3 Å². The first-order valence-corrected chi connectivity index (χ1v) is 12.5. The Morgan fingerprint density at radius 2 is 1.97 bits per heavy atom. The van der Waals surface area contributed by atoms with Crippen molar-refractivity contribution >= 4 is 29.1 Å². The smallest absolute Gasteiger partial charge is 0.338 e. The highest BCUT2D eigenvalue weighted by atomic mass is 32.1. The van der Waals surface area contributed by atoms with Crippen LogP contribution in [0.15, 0.2) is 57.5 Å². The van der Waals surface area contributed by atoms with Crippen molar-refractivity contribution in [3.05, 3.63) is 88.6 Å². The van der Waals surface area contributed by atoms with Crippen LogP contribution in [0.2, 0.25) is 0 Å². The maximum atomic E-state index is 13.7. The molecule has 0 bridgehead atoms. The number of esters is 1. The summed E-state index contributed by atoms with van der Waals surface area (Å²) < 4.78 is 18.1. The van der Waals surface area contributed by atoms with Crippen molar-refractivity contribution in [3.63, 3.8) is 0 Å². The van der Waals surface area contributed by atoms with E-state index in [0.29, 0.717) is 39.7 Å². The lowest BCUT2D eigenvalue weighted by atomic mass is 9.95. The minimum atomic E-state index is -0.869. The van der Waals surface area contributed by atoms with E-state index in [0.717, 1.165) is 11.3 Å². The molecule has 0 amide bonds. The number of hydrogen-bond donors (Lipinski definition) is 1. The Balaban J connectivity index is 1.96. The molecule has 1 N–H and O–H groups in total. The Morgan fingerprint density at radius 3 is 2.63 bits per heavy atom. The zero-order chi connectivity index (χ0) is 27.6. The molecule has 198 valence electrons. The van der Waals surface area contributed by atoms with E-state index < -0.39 is 33.9 Å². The van der Waals surface area contributed by atoms with Crippen LogP contribution in [-0.2, 0) is 9.53 Å². The highest BCUT2D eigenvalue weighted by Gasteiger charge is 2.34. The highest BCUT2D eigenvalue weighted by Crippen LogP contribution is 2.36. The first kappa shape index (κ1) is 26.6. The van der Waals surface area contributed by atoms with Gasteiger partial charge in [-0.2, -0.15) is 0 Å². The summed E-state index contributed by atoms with van der Waals surface area (Å²) in [7, 11) is 1.52. The number of nitrogens with zero attached hydrogens (tertiary/aromatic N) is 3. The van der Waals surface area contributed by atoms with Gasteiger partial charge in [0.1, 0.15) is 0 Å². The Kier molecular flexibility index (Phi) is 7.62. The summed E-state index contributed by atoms with van der Waals surface area (Å²) in [4.78, 5) is 42.2. The maximum Gasteiger partial charge on any atom is 0.338 e. The van der Waals surface area contributed by atoms with Crippen molar-refractivity contribution in [3.8, 4) is 17.2 Å². The third-order valence-corrected chi connectivity index (χ3v) is 6.80. The van der Waals surface area contributed by atoms with Gasteiger partial charge in [0, 0.05) is 6.07 Å². The molecule has 1 aliphatic rings. The number of benzene rings is 2. The van der Waals surface area contributed by atoms with Crippen LogP contribution in [-0.4, -0.2) is 40.9 Å². The first-order chi connectivity index (χ1) is 18.2. The summed E-state index contributed by atoms with van der Waals surface area (Å²) in [6, 6.07) is 8.12. The molecule has 0 fully saturated rings. The Bertz CT molecular complexity index is 1640. The molecular formula is C26H25N3O8S. The van der Waals surface area contributed by atoms with Gasteiger partial charge in [-0.3, -0.25) is 19.5 Å². The van der Waals surface area contributed by atoms with Crippen LogP contribution in [0.4, 0.5) is 5.69 Å². The number of phenols is 1. The van der Waals surface area contributed by atoms with Crippen molar-refractivity contribution in [2.45, 2.75) is 26.8 Å². The number of methoxy groups -OCH3 is 1. The van der Waals surface area contributed by atoms with Crippen molar-refractivity contribution in [1.82, 2.24) is 4.57 Å². The van der Waals surface area contributed by atoms with E-state index >= 15 is 0 Å². The standard InChI is InChI=1S/C26H25N3O8S/c1-5-36-20-13-16(8-10-19(20)35-4)23-22(25(32)37-6-2)14(3)27-26-28(23)24(31)21(38-26)12-15-7-9-18(30)17(11-15)29(33)34/h7-13,23,30H,5-6H2,1-4H3/b21-12-/t23-/m1/s1. The normalized spacial score (nSPS) is 15.1. The van der Waals surface area contributed by atoms with Gasteiger partial charge in [0.05, 0.1) is 47.1 Å². The molecular weight excluding hydrogens is 514 g/mol. The molecule has 2 aromatic carbocycles. The number of thiazole rings is 1. The average Bonchev–Trinajstić information content (AvgIpc) is 3.18. The van der Waals surface area contributed by atoms with Crippen molar-refractivity contribution in [2.24, 2.45) is 4.99 Å². The lowest BCUT2D eigenvalue weighted by molar-refractivity contribution is -0.385. The second-order valence-corrected chi connectivity index (χ2v) is 9.16. The number of allylic oxidation sites excluding steroid dienone is 1. The number of phenolic OH excluding ortho intramolecular Hbond substituents is 1. The summed E-state index contributed by atoms with van der Waals surface area (Å²) in [6.45, 7) is 5.71. The zero-order valence-electron chi connectivity index (χ0n) is 21.1. The lowest BCUT2D eigenvalue weighted by Crippen LogP contribution is -2.40. The summed E-state index contributed by atoms with van der Waals surface area (Å²) in [5.74, 6) is -0.136. The fraction of sp³-hybridized carbons (Fsp3) is 0.269. The predicted octanol–water partition coefficient (Wildman–Crippen LogP) is 2.82. The number of nitro benzene ring substituents is 1. The van der Waals surface area contributed by atoms with Crippen LogP contribution >= 0.6 is 11.3 Å². The Labute approximate surface area is 220 Å². The van der Waals surface area contributed by atoms with Gasteiger partial charge >= 0.3 is 11.7 Å².